The molecule has 0 aliphatic carbocycles. The molecule has 1 amide bonds. The molecule has 0 fully saturated rings. The first kappa shape index (κ1) is 25.3. The lowest BCUT2D eigenvalue weighted by atomic mass is 10.1. The molecule has 0 aliphatic rings. The molecule has 0 spiro atoms. The molecule has 0 saturated heterocycles. The minimum absolute atomic E-state index is 0. The van der Waals surface area contributed by atoms with Crippen LogP contribution in [0.25, 0.3) is 5.82 Å². The Morgan fingerprint density at radius 1 is 1.19 bits per heavy atom. The number of amides is 1. The number of nitrogens with zero attached hydrogens (tertiary/aromatic N) is 4. The van der Waals surface area contributed by atoms with Gasteiger partial charge in [-0.15, -0.1) is 0 Å². The molecule has 172 valence electrons. The Labute approximate surface area is 190 Å². The van der Waals surface area contributed by atoms with Crippen molar-refractivity contribution in [3.63, 3.8) is 0 Å². The molecule has 2 heterocycles. The van der Waals surface area contributed by atoms with Crippen molar-refractivity contribution in [3.05, 3.63) is 64.8 Å². The second kappa shape index (κ2) is 10.1. The molecule has 2 aromatic heterocycles. The molecular weight excluding hydrogens is 481 g/mol. The topological polar surface area (TPSA) is 81.9 Å². The number of aromatic nitrogens is 4. The Morgan fingerprint density at radius 3 is 2.50 bits per heavy atom. The fraction of sp³-hybridized carbons (Fsp3) is 0.222. The van der Waals surface area contributed by atoms with E-state index < -0.39 is 30.3 Å². The van der Waals surface area contributed by atoms with Gasteiger partial charge in [0.25, 0.3) is 5.91 Å². The largest absolute Gasteiger partial charge is 0.433 e. The molecule has 0 bridgehead atoms. The van der Waals surface area contributed by atoms with E-state index in [4.69, 9.17) is 11.6 Å². The van der Waals surface area contributed by atoms with Crippen molar-refractivity contribution in [1.82, 2.24) is 25.1 Å². The highest BCUT2D eigenvalue weighted by atomic mass is 35.5. The fourth-order valence-electron chi connectivity index (χ4n) is 2.62. The molecule has 32 heavy (non-hydrogen) atoms. The Bertz CT molecular complexity index is 1080. The van der Waals surface area contributed by atoms with Gasteiger partial charge in [-0.3, -0.25) is 4.79 Å². The molecule has 1 N–H and O–H groups in total. The van der Waals surface area contributed by atoms with Crippen molar-refractivity contribution in [1.29, 1.82) is 0 Å². The van der Waals surface area contributed by atoms with Gasteiger partial charge in [0.1, 0.15) is 12.1 Å². The van der Waals surface area contributed by atoms with Crippen LogP contribution in [0.4, 0.5) is 22.0 Å². The van der Waals surface area contributed by atoms with Gasteiger partial charge < -0.3 is 10.1 Å². The average Bonchev–Trinajstić information content (AvgIpc) is 3.17. The second-order valence-electron chi connectivity index (χ2n) is 6.18. The number of rotatable bonds is 6. The van der Waals surface area contributed by atoms with E-state index in [1.54, 1.807) is 0 Å². The zero-order valence-corrected chi connectivity index (χ0v) is 17.8. The van der Waals surface area contributed by atoms with E-state index in [9.17, 15) is 26.7 Å². The highest BCUT2D eigenvalue weighted by Gasteiger charge is 2.32. The van der Waals surface area contributed by atoms with Crippen molar-refractivity contribution in [2.24, 2.45) is 0 Å². The highest BCUT2D eigenvalue weighted by molar-refractivity contribution is 7.59. The van der Waals surface area contributed by atoms with Gasteiger partial charge in [-0.25, -0.2) is 9.97 Å². The molecule has 1 aromatic carbocycles. The van der Waals surface area contributed by atoms with Crippen molar-refractivity contribution >= 4 is 31.0 Å². The minimum Gasteiger partial charge on any atom is -0.433 e. The smallest absolute Gasteiger partial charge is 0.416 e. The van der Waals surface area contributed by atoms with Gasteiger partial charge in [-0.1, -0.05) is 11.6 Å². The number of halogens is 6. The number of alkyl halides is 5. The summed E-state index contributed by atoms with van der Waals surface area (Å²) in [7, 11) is 0. The van der Waals surface area contributed by atoms with Gasteiger partial charge >= 0.3 is 12.8 Å². The van der Waals surface area contributed by atoms with E-state index >= 15 is 0 Å². The maximum Gasteiger partial charge on any atom is 0.416 e. The number of carbonyl (C=O) groups is 1. The average molecular weight is 496 g/mol. The zero-order chi connectivity index (χ0) is 22.8. The summed E-state index contributed by atoms with van der Waals surface area (Å²) >= 11 is 5.71. The van der Waals surface area contributed by atoms with Crippen molar-refractivity contribution in [3.8, 4) is 11.6 Å². The van der Waals surface area contributed by atoms with E-state index in [1.807, 2.05) is 0 Å². The van der Waals surface area contributed by atoms with E-state index in [0.717, 1.165) is 12.3 Å². The lowest BCUT2D eigenvalue weighted by Gasteiger charge is -2.15. The fourth-order valence-corrected chi connectivity index (χ4v) is 2.86. The van der Waals surface area contributed by atoms with E-state index in [1.165, 1.54) is 30.1 Å². The van der Waals surface area contributed by atoms with Crippen LogP contribution in [-0.2, 0) is 6.18 Å². The third-order valence-electron chi connectivity index (χ3n) is 3.96. The van der Waals surface area contributed by atoms with E-state index in [0.29, 0.717) is 12.1 Å². The molecule has 3 rings (SSSR count). The number of hydrogen-bond donors (Lipinski definition) is 1. The number of carbonyl (C=O) groups excluding carboxylic acids is 1. The normalized spacial score (nSPS) is 12.2. The Hall–Kier alpha value is -2.93. The predicted octanol–water partition coefficient (Wildman–Crippen LogP) is 4.54. The third kappa shape index (κ3) is 6.07. The number of benzene rings is 1. The van der Waals surface area contributed by atoms with Crippen molar-refractivity contribution < 1.29 is 31.5 Å². The standard InChI is InChI=1S/C18H13ClF5N5O2.H2S/c1-9(28-16(30)10-4-11(18(22,23)24)6-12(19)5-10)15-26-8-27-29(15)14-3-2-13(7-25-14)31-17(20)21;/h2-9,17H,1H3,(H,28,30);1H2/t9-;/m0./s1. The summed E-state index contributed by atoms with van der Waals surface area (Å²) < 4.78 is 68.9. The van der Waals surface area contributed by atoms with Crippen LogP contribution in [0.15, 0.2) is 42.9 Å². The Balaban J connectivity index is 0.00000363. The molecule has 3 aromatic rings. The summed E-state index contributed by atoms with van der Waals surface area (Å²) in [6.07, 6.45) is -2.44. The van der Waals surface area contributed by atoms with Crippen molar-refractivity contribution in [2.45, 2.75) is 25.8 Å². The number of ether oxygens (including phenoxy) is 1. The lowest BCUT2D eigenvalue weighted by molar-refractivity contribution is -0.137. The third-order valence-corrected chi connectivity index (χ3v) is 4.18. The van der Waals surface area contributed by atoms with Gasteiger partial charge in [0.05, 0.1) is 17.8 Å². The van der Waals surface area contributed by atoms with Crippen LogP contribution < -0.4 is 10.1 Å². The molecule has 1 atom stereocenters. The predicted molar refractivity (Wildman–Crippen MR) is 109 cm³/mol. The summed E-state index contributed by atoms with van der Waals surface area (Å²) in [6.45, 7) is -1.48. The SMILES string of the molecule is C[C@H](NC(=O)c1cc(Cl)cc(C(F)(F)F)c1)c1ncnn1-c1ccc(OC(F)F)cn1.S. The summed E-state index contributed by atoms with van der Waals surface area (Å²) in [4.78, 5) is 20.5. The summed E-state index contributed by atoms with van der Waals surface area (Å²) in [5.74, 6) is -0.592. The second-order valence-corrected chi connectivity index (χ2v) is 6.62. The molecule has 0 radical (unpaired) electrons. The zero-order valence-electron chi connectivity index (χ0n) is 16.1. The molecule has 0 saturated carbocycles. The van der Waals surface area contributed by atoms with Gasteiger partial charge in [-0.05, 0) is 37.3 Å². The molecule has 0 unspecified atom stereocenters. The molecule has 14 heteroatoms. The number of nitrogens with one attached hydrogen (secondary N) is 1. The van der Waals surface area contributed by atoms with Crippen LogP contribution in [0, 0.1) is 0 Å². The maximum absolute atomic E-state index is 13.0. The molecule has 0 aliphatic heterocycles. The van der Waals surface area contributed by atoms with Crippen LogP contribution >= 0.6 is 25.1 Å². The number of pyridine rings is 1. The number of hydrogen-bond acceptors (Lipinski definition) is 5. The molecular formula is C18H15ClF5N5O2S. The van der Waals surface area contributed by atoms with Crippen LogP contribution in [0.5, 0.6) is 5.75 Å². The van der Waals surface area contributed by atoms with Crippen LogP contribution in [0.1, 0.15) is 34.7 Å². The first-order valence-corrected chi connectivity index (χ1v) is 8.92. The monoisotopic (exact) mass is 495 g/mol. The van der Waals surface area contributed by atoms with E-state index in [2.05, 4.69) is 25.1 Å². The summed E-state index contributed by atoms with van der Waals surface area (Å²) in [5.41, 5.74) is -1.35. The summed E-state index contributed by atoms with van der Waals surface area (Å²) in [6, 6.07) is 4.28. The first-order valence-electron chi connectivity index (χ1n) is 8.54. The van der Waals surface area contributed by atoms with Gasteiger partial charge in [0.2, 0.25) is 0 Å². The minimum atomic E-state index is -4.67. The summed E-state index contributed by atoms with van der Waals surface area (Å²) in [5, 5.41) is 6.24. The quantitative estimate of drug-likeness (QED) is 0.508. The lowest BCUT2D eigenvalue weighted by Crippen LogP contribution is -2.29. The van der Waals surface area contributed by atoms with E-state index in [-0.39, 0.29) is 41.5 Å². The molecule has 7 nitrogen and oxygen atoms in total. The Morgan fingerprint density at radius 2 is 1.91 bits per heavy atom. The maximum atomic E-state index is 13.0. The van der Waals surface area contributed by atoms with Crippen LogP contribution in [-0.4, -0.2) is 32.3 Å². The van der Waals surface area contributed by atoms with Crippen LogP contribution in [0.2, 0.25) is 5.02 Å². The van der Waals surface area contributed by atoms with Gasteiger partial charge in [-0.2, -0.15) is 45.2 Å². The van der Waals surface area contributed by atoms with Crippen LogP contribution in [0.3, 0.4) is 0 Å². The highest BCUT2D eigenvalue weighted by Crippen LogP contribution is 2.32. The first-order chi connectivity index (χ1) is 14.5. The Kier molecular flexibility index (Phi) is 8.02. The van der Waals surface area contributed by atoms with Crippen molar-refractivity contribution in [2.75, 3.05) is 0 Å². The van der Waals surface area contributed by atoms with Gasteiger partial charge in [0, 0.05) is 10.6 Å². The van der Waals surface area contributed by atoms with Gasteiger partial charge in [0.15, 0.2) is 11.6 Å².